The molecule has 23 heavy (non-hydrogen) atoms. The molecule has 1 amide bonds. The first-order valence-electron chi connectivity index (χ1n) is 7.03. The summed E-state index contributed by atoms with van der Waals surface area (Å²) in [5.74, 6) is 1.25. The van der Waals surface area contributed by atoms with E-state index >= 15 is 0 Å². The molecule has 0 fully saturated rings. The van der Waals surface area contributed by atoms with Gasteiger partial charge in [0, 0.05) is 23.2 Å². The largest absolute Gasteiger partial charge is 0.340 e. The average Bonchev–Trinajstić information content (AvgIpc) is 3.28. The minimum Gasteiger partial charge on any atom is -0.340 e. The van der Waals surface area contributed by atoms with E-state index in [0.29, 0.717) is 17.5 Å². The van der Waals surface area contributed by atoms with Crippen molar-refractivity contribution in [1.29, 1.82) is 0 Å². The summed E-state index contributed by atoms with van der Waals surface area (Å²) < 4.78 is 0. The number of aromatic nitrogens is 3. The molecule has 0 unspecified atom stereocenters. The lowest BCUT2D eigenvalue weighted by molar-refractivity contribution is -0.127. The Kier molecular flexibility index (Phi) is 5.47. The molecule has 0 radical (unpaired) electrons. The van der Waals surface area contributed by atoms with Crippen LogP contribution < -0.4 is 0 Å². The Morgan fingerprint density at radius 2 is 2.00 bits per heavy atom. The normalized spacial score (nSPS) is 10.8. The Hall–Kier alpha value is -1.64. The lowest BCUT2D eigenvalue weighted by atomic mass is 10.3. The van der Waals surface area contributed by atoms with Gasteiger partial charge in [0.2, 0.25) is 11.1 Å². The van der Waals surface area contributed by atoms with Gasteiger partial charge in [-0.1, -0.05) is 23.9 Å². The molecule has 1 N–H and O–H groups in total. The van der Waals surface area contributed by atoms with Gasteiger partial charge in [-0.3, -0.25) is 9.89 Å². The van der Waals surface area contributed by atoms with Gasteiger partial charge >= 0.3 is 0 Å². The summed E-state index contributed by atoms with van der Waals surface area (Å²) in [6.45, 7) is 0.648. The van der Waals surface area contributed by atoms with Gasteiger partial charge in [-0.15, -0.1) is 27.8 Å². The van der Waals surface area contributed by atoms with Crippen LogP contribution in [-0.2, 0) is 17.8 Å². The molecular weight excluding hydrogens is 348 g/mol. The summed E-state index contributed by atoms with van der Waals surface area (Å²) in [6.07, 6.45) is 0.747. The lowest BCUT2D eigenvalue weighted by Crippen LogP contribution is -2.27. The van der Waals surface area contributed by atoms with Crippen molar-refractivity contribution in [2.24, 2.45) is 0 Å². The molecule has 0 aliphatic heterocycles. The third-order valence-corrected chi connectivity index (χ3v) is 5.73. The maximum absolute atomic E-state index is 12.2. The molecule has 3 aromatic heterocycles. The summed E-state index contributed by atoms with van der Waals surface area (Å²) in [5, 5.41) is 11.8. The third kappa shape index (κ3) is 4.66. The van der Waals surface area contributed by atoms with Gasteiger partial charge in [-0.05, 0) is 22.9 Å². The third-order valence-electron chi connectivity index (χ3n) is 3.16. The molecule has 0 aliphatic carbocycles. The van der Waals surface area contributed by atoms with E-state index in [1.165, 1.54) is 21.5 Å². The number of H-pyrrole nitrogens is 1. The van der Waals surface area contributed by atoms with E-state index in [4.69, 9.17) is 0 Å². The summed E-state index contributed by atoms with van der Waals surface area (Å²) in [4.78, 5) is 20.7. The Morgan fingerprint density at radius 1 is 1.26 bits per heavy atom. The fourth-order valence-corrected chi connectivity index (χ4v) is 4.18. The zero-order valence-electron chi connectivity index (χ0n) is 12.6. The molecular formula is C15H16N4OS3. The molecule has 0 atom stereocenters. The van der Waals surface area contributed by atoms with Crippen LogP contribution in [0, 0.1) is 0 Å². The summed E-state index contributed by atoms with van der Waals surface area (Å²) in [6, 6.07) is 8.13. The van der Waals surface area contributed by atoms with E-state index in [-0.39, 0.29) is 5.91 Å². The van der Waals surface area contributed by atoms with E-state index in [9.17, 15) is 4.79 Å². The number of hydrogen-bond donors (Lipinski definition) is 1. The summed E-state index contributed by atoms with van der Waals surface area (Å²) in [5.41, 5.74) is 0. The number of carbonyl (C=O) groups excluding carboxylic acids is 1. The second-order valence-electron chi connectivity index (χ2n) is 4.94. The van der Waals surface area contributed by atoms with Crippen molar-refractivity contribution in [3.8, 4) is 0 Å². The molecule has 3 aromatic rings. The lowest BCUT2D eigenvalue weighted by Gasteiger charge is -2.15. The van der Waals surface area contributed by atoms with Crippen LogP contribution >= 0.6 is 34.4 Å². The SMILES string of the molecule is CN(Cc1cccs1)C(=O)CSc1n[nH]c(Cc2cccs2)n1. The van der Waals surface area contributed by atoms with E-state index < -0.39 is 0 Å². The number of thioether (sulfide) groups is 1. The number of rotatable bonds is 7. The summed E-state index contributed by atoms with van der Waals surface area (Å²) >= 11 is 4.72. The maximum Gasteiger partial charge on any atom is 0.233 e. The van der Waals surface area contributed by atoms with Crippen LogP contribution in [0.5, 0.6) is 0 Å². The Labute approximate surface area is 146 Å². The number of hydrogen-bond acceptors (Lipinski definition) is 6. The molecule has 0 aliphatic rings. The quantitative estimate of drug-likeness (QED) is 0.654. The molecule has 8 heteroatoms. The van der Waals surface area contributed by atoms with Crippen molar-refractivity contribution in [2.45, 2.75) is 18.1 Å². The monoisotopic (exact) mass is 364 g/mol. The average molecular weight is 365 g/mol. The van der Waals surface area contributed by atoms with Crippen molar-refractivity contribution in [3.63, 3.8) is 0 Å². The molecule has 0 saturated carbocycles. The Morgan fingerprint density at radius 3 is 2.70 bits per heavy atom. The fourth-order valence-electron chi connectivity index (χ4n) is 1.96. The van der Waals surface area contributed by atoms with E-state index in [1.54, 1.807) is 27.6 Å². The van der Waals surface area contributed by atoms with Gasteiger partial charge in [-0.25, -0.2) is 4.98 Å². The van der Waals surface area contributed by atoms with Crippen LogP contribution in [0.4, 0.5) is 0 Å². The van der Waals surface area contributed by atoms with Crippen LogP contribution in [-0.4, -0.2) is 38.8 Å². The number of nitrogens with one attached hydrogen (secondary N) is 1. The molecule has 5 nitrogen and oxygen atoms in total. The van der Waals surface area contributed by atoms with E-state index in [2.05, 4.69) is 21.2 Å². The Bertz CT molecular complexity index is 737. The number of amides is 1. The first kappa shape index (κ1) is 16.2. The van der Waals surface area contributed by atoms with Crippen molar-refractivity contribution in [3.05, 3.63) is 50.6 Å². The molecule has 3 rings (SSSR count). The van der Waals surface area contributed by atoms with Crippen molar-refractivity contribution >= 4 is 40.3 Å². The highest BCUT2D eigenvalue weighted by Crippen LogP contribution is 2.17. The topological polar surface area (TPSA) is 61.9 Å². The summed E-state index contributed by atoms with van der Waals surface area (Å²) in [7, 11) is 1.82. The predicted molar refractivity (Wildman–Crippen MR) is 95.0 cm³/mol. The molecule has 3 heterocycles. The minimum atomic E-state index is 0.0769. The highest BCUT2D eigenvalue weighted by atomic mass is 32.2. The fraction of sp³-hybridized carbons (Fsp3) is 0.267. The van der Waals surface area contributed by atoms with E-state index in [1.807, 2.05) is 36.0 Å². The molecule has 120 valence electrons. The van der Waals surface area contributed by atoms with Crippen molar-refractivity contribution < 1.29 is 4.79 Å². The highest BCUT2D eigenvalue weighted by Gasteiger charge is 2.12. The van der Waals surface area contributed by atoms with Gasteiger partial charge < -0.3 is 4.90 Å². The van der Waals surface area contributed by atoms with Crippen LogP contribution in [0.15, 0.2) is 40.2 Å². The smallest absolute Gasteiger partial charge is 0.233 e. The number of nitrogens with zero attached hydrogens (tertiary/aromatic N) is 3. The molecule has 0 aromatic carbocycles. The standard InChI is InChI=1S/C15H16N4OS3/c1-19(9-12-5-3-7-22-12)14(20)10-23-15-16-13(17-18-15)8-11-4-2-6-21-11/h2-7H,8-10H2,1H3,(H,16,17,18). The maximum atomic E-state index is 12.2. The van der Waals surface area contributed by atoms with Gasteiger partial charge in [0.1, 0.15) is 5.82 Å². The van der Waals surface area contributed by atoms with Gasteiger partial charge in [-0.2, -0.15) is 0 Å². The van der Waals surface area contributed by atoms with Crippen LogP contribution in [0.1, 0.15) is 15.6 Å². The van der Waals surface area contributed by atoms with Crippen LogP contribution in [0.2, 0.25) is 0 Å². The van der Waals surface area contributed by atoms with Gasteiger partial charge in [0.25, 0.3) is 0 Å². The molecule has 0 spiro atoms. The second kappa shape index (κ2) is 7.76. The van der Waals surface area contributed by atoms with Gasteiger partial charge in [0.15, 0.2) is 0 Å². The first-order valence-corrected chi connectivity index (χ1v) is 9.78. The number of aromatic amines is 1. The van der Waals surface area contributed by atoms with E-state index in [0.717, 1.165) is 12.2 Å². The van der Waals surface area contributed by atoms with Crippen molar-refractivity contribution in [1.82, 2.24) is 20.1 Å². The first-order chi connectivity index (χ1) is 11.2. The number of thiophene rings is 2. The number of carbonyl (C=O) groups is 1. The second-order valence-corrected chi connectivity index (χ2v) is 7.95. The van der Waals surface area contributed by atoms with Crippen LogP contribution in [0.25, 0.3) is 0 Å². The molecule has 0 bridgehead atoms. The zero-order chi connectivity index (χ0) is 16.1. The van der Waals surface area contributed by atoms with Crippen LogP contribution in [0.3, 0.4) is 0 Å². The molecule has 0 saturated heterocycles. The minimum absolute atomic E-state index is 0.0769. The predicted octanol–water partition coefficient (Wildman–Crippen LogP) is 3.27. The zero-order valence-corrected chi connectivity index (χ0v) is 15.0. The van der Waals surface area contributed by atoms with Crippen molar-refractivity contribution in [2.75, 3.05) is 12.8 Å². The highest BCUT2D eigenvalue weighted by molar-refractivity contribution is 7.99. The van der Waals surface area contributed by atoms with Gasteiger partial charge in [0.05, 0.1) is 12.3 Å². The Balaban J connectivity index is 1.48.